The highest BCUT2D eigenvalue weighted by Crippen LogP contribution is 2.07. The van der Waals surface area contributed by atoms with Gasteiger partial charge in [0, 0.05) is 45.0 Å². The van der Waals surface area contributed by atoms with Crippen LogP contribution < -0.4 is 16.2 Å². The van der Waals surface area contributed by atoms with Crippen LogP contribution in [0.2, 0.25) is 0 Å². The van der Waals surface area contributed by atoms with E-state index in [1.807, 2.05) is 0 Å². The molecule has 0 bridgehead atoms. The first-order chi connectivity index (χ1) is 16.8. The summed E-state index contributed by atoms with van der Waals surface area (Å²) in [5, 5.41) is 4.71. The average Bonchev–Trinajstić information content (AvgIpc) is 3.22. The van der Waals surface area contributed by atoms with E-state index in [1.54, 1.807) is 7.05 Å². The number of nitrogens with zero attached hydrogens (tertiary/aromatic N) is 3. The number of rotatable bonds is 13. The molecule has 0 aliphatic carbocycles. The van der Waals surface area contributed by atoms with Gasteiger partial charge in [-0.3, -0.25) is 28.8 Å². The van der Waals surface area contributed by atoms with Crippen molar-refractivity contribution in [2.24, 2.45) is 7.05 Å². The molecule has 14 heteroatoms. The van der Waals surface area contributed by atoms with Crippen LogP contribution >= 0.6 is 0 Å². The number of aryl methyl sites for hydroxylation is 1. The summed E-state index contributed by atoms with van der Waals surface area (Å²) in [6, 6.07) is 1.59. The highest BCUT2D eigenvalue weighted by molar-refractivity contribution is 7.91. The Labute approximate surface area is 206 Å². The maximum Gasteiger partial charge on any atom is 0.287 e. The number of amides is 2. The van der Waals surface area contributed by atoms with E-state index in [-0.39, 0.29) is 24.1 Å². The normalized spacial score (nSPS) is 12.0. The van der Waals surface area contributed by atoms with Crippen LogP contribution in [-0.2, 0) is 49.0 Å². The zero-order chi connectivity index (χ0) is 27.0. The van der Waals surface area contributed by atoms with E-state index in [4.69, 9.17) is 0 Å². The molecule has 0 radical (unpaired) electrons. The lowest BCUT2D eigenvalue weighted by Gasteiger charge is -2.18. The first-order valence-corrected chi connectivity index (χ1v) is 12.8. The Morgan fingerprint density at radius 3 is 2.44 bits per heavy atom. The summed E-state index contributed by atoms with van der Waals surface area (Å²) in [6.45, 7) is -0.491. The summed E-state index contributed by atoms with van der Waals surface area (Å²) in [5.41, 5.74) is -0.519. The quantitative estimate of drug-likeness (QED) is 0.287. The van der Waals surface area contributed by atoms with Crippen LogP contribution in [-0.4, -0.2) is 76.8 Å². The fourth-order valence-corrected chi connectivity index (χ4v) is 4.01. The standard InChI is InChI=1S/C22H27N5O8S/c1-23-21(32)18(29)7-6-16(25-20(31)17-10-24-13-26(17)2)19(30)9-14-5-4-8-27(22(14)33)11-15(28)12-36(3,34)35/h4-5,8,10,13,16H,6-7,9,11-12H2,1-3H3,(H,23,32)(H,25,31)/t16-/m0/s1. The number of ketones is 3. The highest BCUT2D eigenvalue weighted by Gasteiger charge is 2.26. The van der Waals surface area contributed by atoms with Gasteiger partial charge in [0.15, 0.2) is 21.4 Å². The Balaban J connectivity index is 2.23. The van der Waals surface area contributed by atoms with Crippen molar-refractivity contribution >= 4 is 39.0 Å². The van der Waals surface area contributed by atoms with Crippen molar-refractivity contribution in [3.8, 4) is 0 Å². The Bertz CT molecular complexity index is 1340. The van der Waals surface area contributed by atoms with Crippen LogP contribution in [0.4, 0.5) is 0 Å². The van der Waals surface area contributed by atoms with E-state index in [0.717, 1.165) is 10.8 Å². The predicted octanol–water partition coefficient (Wildman–Crippen LogP) is -1.80. The number of Topliss-reactive ketones (excluding diaryl/α,β-unsaturated/α-hetero) is 3. The minimum absolute atomic E-state index is 0.00654. The van der Waals surface area contributed by atoms with E-state index in [9.17, 15) is 37.2 Å². The molecule has 0 spiro atoms. The van der Waals surface area contributed by atoms with Gasteiger partial charge in [-0.2, -0.15) is 0 Å². The van der Waals surface area contributed by atoms with Crippen LogP contribution in [0.15, 0.2) is 35.6 Å². The molecule has 36 heavy (non-hydrogen) atoms. The van der Waals surface area contributed by atoms with E-state index in [0.29, 0.717) is 0 Å². The van der Waals surface area contributed by atoms with Gasteiger partial charge in [-0.15, -0.1) is 0 Å². The second-order valence-corrected chi connectivity index (χ2v) is 10.3. The Kier molecular flexibility index (Phi) is 9.55. The zero-order valence-electron chi connectivity index (χ0n) is 20.0. The van der Waals surface area contributed by atoms with E-state index < -0.39 is 69.3 Å². The number of carbonyl (C=O) groups excluding carboxylic acids is 5. The van der Waals surface area contributed by atoms with Gasteiger partial charge in [0.2, 0.25) is 5.78 Å². The van der Waals surface area contributed by atoms with Crippen molar-refractivity contribution in [2.45, 2.75) is 31.8 Å². The van der Waals surface area contributed by atoms with Crippen LogP contribution in [0.3, 0.4) is 0 Å². The number of hydrogen-bond acceptors (Lipinski definition) is 9. The molecular formula is C22H27N5O8S. The molecule has 2 rings (SSSR count). The Morgan fingerprint density at radius 2 is 1.86 bits per heavy atom. The van der Waals surface area contributed by atoms with Crippen LogP contribution in [0.1, 0.15) is 28.9 Å². The minimum atomic E-state index is -3.57. The van der Waals surface area contributed by atoms with Gasteiger partial charge >= 0.3 is 0 Å². The van der Waals surface area contributed by atoms with E-state index >= 15 is 0 Å². The van der Waals surface area contributed by atoms with Crippen LogP contribution in [0, 0.1) is 0 Å². The molecule has 2 aromatic rings. The lowest BCUT2D eigenvalue weighted by atomic mass is 9.99. The minimum Gasteiger partial charge on any atom is -0.353 e. The van der Waals surface area contributed by atoms with E-state index in [2.05, 4.69) is 15.6 Å². The zero-order valence-corrected chi connectivity index (χ0v) is 20.8. The first kappa shape index (κ1) is 28.3. The van der Waals surface area contributed by atoms with Gasteiger partial charge in [0.25, 0.3) is 17.4 Å². The highest BCUT2D eigenvalue weighted by atomic mass is 32.2. The molecule has 0 aliphatic heterocycles. The molecule has 2 N–H and O–H groups in total. The maximum atomic E-state index is 13.1. The third-order valence-electron chi connectivity index (χ3n) is 5.12. The molecule has 2 amide bonds. The number of sulfone groups is 1. The lowest BCUT2D eigenvalue weighted by Crippen LogP contribution is -2.43. The summed E-state index contributed by atoms with van der Waals surface area (Å²) in [4.78, 5) is 77.8. The summed E-state index contributed by atoms with van der Waals surface area (Å²) < 4.78 is 25.1. The van der Waals surface area contributed by atoms with Crippen molar-refractivity contribution in [3.05, 3.63) is 52.5 Å². The van der Waals surface area contributed by atoms with Crippen molar-refractivity contribution in [1.82, 2.24) is 24.8 Å². The topological polar surface area (TPSA) is 183 Å². The number of aromatic nitrogens is 3. The summed E-state index contributed by atoms with van der Waals surface area (Å²) in [6.07, 6.45) is 3.90. The van der Waals surface area contributed by atoms with Gasteiger partial charge in [0.05, 0.1) is 25.1 Å². The third kappa shape index (κ3) is 8.08. The van der Waals surface area contributed by atoms with Crippen molar-refractivity contribution < 1.29 is 32.4 Å². The molecule has 0 fully saturated rings. The summed E-state index contributed by atoms with van der Waals surface area (Å²) in [7, 11) is -0.712. The summed E-state index contributed by atoms with van der Waals surface area (Å²) in [5.74, 6) is -4.30. The van der Waals surface area contributed by atoms with Gasteiger partial charge in [-0.1, -0.05) is 6.07 Å². The number of hydrogen-bond donors (Lipinski definition) is 2. The number of imidazole rings is 1. The van der Waals surface area contributed by atoms with Gasteiger partial charge in [-0.05, 0) is 12.5 Å². The molecular weight excluding hydrogens is 494 g/mol. The molecule has 0 aliphatic rings. The molecule has 0 aromatic carbocycles. The number of carbonyl (C=O) groups is 5. The van der Waals surface area contributed by atoms with Gasteiger partial charge in [0.1, 0.15) is 11.4 Å². The van der Waals surface area contributed by atoms with Crippen molar-refractivity contribution in [2.75, 3.05) is 19.1 Å². The van der Waals surface area contributed by atoms with E-state index in [1.165, 1.54) is 42.5 Å². The maximum absolute atomic E-state index is 13.1. The number of pyridine rings is 1. The van der Waals surface area contributed by atoms with Crippen molar-refractivity contribution in [1.29, 1.82) is 0 Å². The average molecular weight is 522 g/mol. The largest absolute Gasteiger partial charge is 0.353 e. The molecule has 0 saturated heterocycles. The second-order valence-electron chi connectivity index (χ2n) is 8.18. The van der Waals surface area contributed by atoms with Crippen LogP contribution in [0.25, 0.3) is 0 Å². The first-order valence-electron chi connectivity index (χ1n) is 10.7. The molecule has 194 valence electrons. The Hall–Kier alpha value is -3.94. The third-order valence-corrected chi connectivity index (χ3v) is 5.96. The SMILES string of the molecule is CNC(=O)C(=O)CC[C@H](NC(=O)c1cncn1C)C(=O)Cc1cccn(CC(=O)CS(C)(=O)=O)c1=O. The smallest absolute Gasteiger partial charge is 0.287 e. The molecule has 2 aromatic heterocycles. The number of likely N-dealkylation sites (N-methyl/N-ethyl adjacent to an activating group) is 1. The van der Waals surface area contributed by atoms with Gasteiger partial charge < -0.3 is 19.8 Å². The van der Waals surface area contributed by atoms with Crippen LogP contribution in [0.5, 0.6) is 0 Å². The molecule has 1 atom stereocenters. The molecule has 0 unspecified atom stereocenters. The summed E-state index contributed by atoms with van der Waals surface area (Å²) >= 11 is 0. The molecule has 2 heterocycles. The van der Waals surface area contributed by atoms with Crippen molar-refractivity contribution in [3.63, 3.8) is 0 Å². The fourth-order valence-electron chi connectivity index (χ4n) is 3.33. The monoisotopic (exact) mass is 521 g/mol. The lowest BCUT2D eigenvalue weighted by molar-refractivity contribution is -0.137. The fraction of sp³-hybridized carbons (Fsp3) is 0.409. The molecule has 13 nitrogen and oxygen atoms in total. The van der Waals surface area contributed by atoms with Gasteiger partial charge in [-0.25, -0.2) is 13.4 Å². The predicted molar refractivity (Wildman–Crippen MR) is 127 cm³/mol. The Morgan fingerprint density at radius 1 is 1.17 bits per heavy atom. The number of nitrogens with one attached hydrogen (secondary N) is 2. The second kappa shape index (κ2) is 12.2. The molecule has 0 saturated carbocycles.